The van der Waals surface area contributed by atoms with E-state index in [0.29, 0.717) is 23.7 Å². The molecule has 0 saturated heterocycles. The van der Waals surface area contributed by atoms with Crippen molar-refractivity contribution < 1.29 is 4.79 Å². The number of hydrogen-bond donors (Lipinski definition) is 2. The third-order valence-corrected chi connectivity index (χ3v) is 2.98. The van der Waals surface area contributed by atoms with Gasteiger partial charge in [-0.2, -0.15) is 0 Å². The molecule has 0 fully saturated rings. The highest BCUT2D eigenvalue weighted by atomic mass is 35.5. The fraction of sp³-hybridized carbons (Fsp3) is 0.333. The maximum absolute atomic E-state index is 12.1. The van der Waals surface area contributed by atoms with E-state index in [0.717, 1.165) is 12.4 Å². The molecule has 1 heterocycles. The fourth-order valence-electron chi connectivity index (χ4n) is 2.03. The van der Waals surface area contributed by atoms with Gasteiger partial charge in [-0.25, -0.2) is 4.98 Å². The third kappa shape index (κ3) is 5.24. The summed E-state index contributed by atoms with van der Waals surface area (Å²) in [6, 6.07) is 7.03. The molecule has 2 rings (SSSR count). The second-order valence-corrected chi connectivity index (χ2v) is 5.16. The van der Waals surface area contributed by atoms with E-state index in [1.165, 1.54) is 0 Å². The molecular weight excluding hydrogens is 323 g/mol. The lowest BCUT2D eigenvalue weighted by atomic mass is 10.1. The molecule has 1 aromatic heterocycles. The van der Waals surface area contributed by atoms with Gasteiger partial charge < -0.3 is 15.6 Å². The first-order valence-electron chi connectivity index (χ1n) is 6.70. The van der Waals surface area contributed by atoms with Crippen molar-refractivity contribution in [3.63, 3.8) is 0 Å². The fourth-order valence-corrected chi connectivity index (χ4v) is 2.03. The number of halogens is 2. The molecule has 0 bridgehead atoms. The summed E-state index contributed by atoms with van der Waals surface area (Å²) in [7, 11) is 0. The lowest BCUT2D eigenvalue weighted by Gasteiger charge is -2.11. The quantitative estimate of drug-likeness (QED) is 0.819. The number of para-hydroxylation sites is 1. The molecule has 5 nitrogen and oxygen atoms in total. The van der Waals surface area contributed by atoms with Gasteiger partial charge in [0, 0.05) is 24.6 Å². The number of nitrogens with two attached hydrogens (primary N) is 1. The molecule has 22 heavy (non-hydrogen) atoms. The van der Waals surface area contributed by atoms with Crippen LogP contribution in [0, 0.1) is 5.92 Å². The van der Waals surface area contributed by atoms with Gasteiger partial charge in [-0.05, 0) is 18.1 Å². The summed E-state index contributed by atoms with van der Waals surface area (Å²) in [5.41, 5.74) is 6.76. The summed E-state index contributed by atoms with van der Waals surface area (Å²) < 4.78 is 2.05. The number of carbonyl (C=O) groups excluding carboxylic acids is 1. The molecule has 7 heteroatoms. The monoisotopic (exact) mass is 344 g/mol. The van der Waals surface area contributed by atoms with Gasteiger partial charge >= 0.3 is 0 Å². The van der Waals surface area contributed by atoms with Crippen molar-refractivity contribution in [1.29, 1.82) is 0 Å². The molecule has 0 aliphatic carbocycles. The van der Waals surface area contributed by atoms with E-state index in [1.54, 1.807) is 24.4 Å². The van der Waals surface area contributed by atoms with Crippen LogP contribution in [-0.2, 0) is 13.1 Å². The summed E-state index contributed by atoms with van der Waals surface area (Å²) in [4.78, 5) is 16.3. The molecule has 3 N–H and O–H groups in total. The average molecular weight is 345 g/mol. The first kappa shape index (κ1) is 20.3. The number of imidazole rings is 1. The van der Waals surface area contributed by atoms with Crippen LogP contribution >= 0.6 is 24.8 Å². The lowest BCUT2D eigenvalue weighted by Crippen LogP contribution is -2.25. The Kier molecular flexibility index (Phi) is 8.60. The van der Waals surface area contributed by atoms with Crippen LogP contribution in [0.25, 0.3) is 0 Å². The predicted molar refractivity (Wildman–Crippen MR) is 93.6 cm³/mol. The Balaban J connectivity index is 0.00000220. The number of aromatic nitrogens is 2. The topological polar surface area (TPSA) is 72.9 Å². The number of amides is 1. The Morgan fingerprint density at radius 2 is 2.00 bits per heavy atom. The molecule has 122 valence electrons. The van der Waals surface area contributed by atoms with Crippen LogP contribution in [0.2, 0.25) is 0 Å². The van der Waals surface area contributed by atoms with Gasteiger partial charge in [-0.3, -0.25) is 4.79 Å². The minimum Gasteiger partial charge on any atom is -0.398 e. The molecule has 0 aliphatic rings. The van der Waals surface area contributed by atoms with Crippen LogP contribution in [0.4, 0.5) is 5.69 Å². The largest absolute Gasteiger partial charge is 0.398 e. The van der Waals surface area contributed by atoms with Crippen LogP contribution < -0.4 is 11.1 Å². The van der Waals surface area contributed by atoms with Gasteiger partial charge in [0.2, 0.25) is 0 Å². The van der Waals surface area contributed by atoms with E-state index in [2.05, 4.69) is 28.7 Å². The molecule has 0 spiro atoms. The van der Waals surface area contributed by atoms with Crippen molar-refractivity contribution in [2.45, 2.75) is 26.9 Å². The number of rotatable bonds is 5. The SMILES string of the molecule is CC(C)Cn1ccnc1CNC(=O)c1ccccc1N.Cl.Cl. The van der Waals surface area contributed by atoms with E-state index in [4.69, 9.17) is 5.73 Å². The normalized spacial score (nSPS) is 9.77. The van der Waals surface area contributed by atoms with Crippen molar-refractivity contribution in [2.75, 3.05) is 5.73 Å². The van der Waals surface area contributed by atoms with Crippen LogP contribution in [0.3, 0.4) is 0 Å². The van der Waals surface area contributed by atoms with Crippen molar-refractivity contribution in [3.8, 4) is 0 Å². The summed E-state index contributed by atoms with van der Waals surface area (Å²) in [5, 5.41) is 2.85. The Labute approximate surface area is 143 Å². The minimum absolute atomic E-state index is 0. The smallest absolute Gasteiger partial charge is 0.253 e. The number of nitrogens with one attached hydrogen (secondary N) is 1. The predicted octanol–water partition coefficient (Wildman–Crippen LogP) is 2.89. The van der Waals surface area contributed by atoms with Crippen molar-refractivity contribution in [3.05, 3.63) is 48.0 Å². The van der Waals surface area contributed by atoms with E-state index in [1.807, 2.05) is 12.3 Å². The van der Waals surface area contributed by atoms with Gasteiger partial charge in [-0.15, -0.1) is 24.8 Å². The van der Waals surface area contributed by atoms with Crippen LogP contribution in [0.1, 0.15) is 30.0 Å². The number of nitrogens with zero attached hydrogens (tertiary/aromatic N) is 2. The van der Waals surface area contributed by atoms with Crippen molar-refractivity contribution >= 4 is 36.4 Å². The molecule has 2 aromatic rings. The van der Waals surface area contributed by atoms with E-state index < -0.39 is 0 Å². The molecule has 1 aromatic carbocycles. The Hall–Kier alpha value is -1.72. The lowest BCUT2D eigenvalue weighted by molar-refractivity contribution is 0.0950. The Morgan fingerprint density at radius 1 is 1.32 bits per heavy atom. The summed E-state index contributed by atoms with van der Waals surface area (Å²) in [5.74, 6) is 1.20. The van der Waals surface area contributed by atoms with Gasteiger partial charge in [0.15, 0.2) is 0 Å². The Morgan fingerprint density at radius 3 is 2.64 bits per heavy atom. The van der Waals surface area contributed by atoms with Crippen LogP contribution in [0.5, 0.6) is 0 Å². The van der Waals surface area contributed by atoms with Crippen molar-refractivity contribution in [1.82, 2.24) is 14.9 Å². The summed E-state index contributed by atoms with van der Waals surface area (Å²) >= 11 is 0. The number of carbonyl (C=O) groups is 1. The second-order valence-electron chi connectivity index (χ2n) is 5.16. The summed E-state index contributed by atoms with van der Waals surface area (Å²) in [6.45, 7) is 5.58. The van der Waals surface area contributed by atoms with Crippen LogP contribution in [0.15, 0.2) is 36.7 Å². The van der Waals surface area contributed by atoms with Crippen molar-refractivity contribution in [2.24, 2.45) is 5.92 Å². The molecule has 0 atom stereocenters. The minimum atomic E-state index is -0.179. The highest BCUT2D eigenvalue weighted by molar-refractivity contribution is 5.98. The molecule has 0 saturated carbocycles. The highest BCUT2D eigenvalue weighted by Gasteiger charge is 2.10. The number of nitrogen functional groups attached to an aromatic ring is 1. The summed E-state index contributed by atoms with van der Waals surface area (Å²) in [6.07, 6.45) is 3.68. The number of anilines is 1. The first-order valence-corrected chi connectivity index (χ1v) is 6.70. The van der Waals surface area contributed by atoms with Crippen LogP contribution in [-0.4, -0.2) is 15.5 Å². The second kappa shape index (κ2) is 9.33. The van der Waals surface area contributed by atoms with Gasteiger partial charge in [0.05, 0.1) is 12.1 Å². The zero-order chi connectivity index (χ0) is 14.5. The first-order chi connectivity index (χ1) is 9.58. The molecule has 0 unspecified atom stereocenters. The molecule has 1 amide bonds. The van der Waals surface area contributed by atoms with Gasteiger partial charge in [-0.1, -0.05) is 26.0 Å². The maximum atomic E-state index is 12.1. The van der Waals surface area contributed by atoms with E-state index >= 15 is 0 Å². The standard InChI is InChI=1S/C15H20N4O.2ClH/c1-11(2)10-19-8-7-17-14(19)9-18-15(20)12-5-3-4-6-13(12)16;;/h3-8,11H,9-10,16H2,1-2H3,(H,18,20);2*1H. The zero-order valence-electron chi connectivity index (χ0n) is 12.7. The van der Waals surface area contributed by atoms with E-state index in [-0.39, 0.29) is 30.7 Å². The Bertz CT molecular complexity index is 599. The average Bonchev–Trinajstić information content (AvgIpc) is 2.83. The third-order valence-electron chi connectivity index (χ3n) is 2.98. The number of benzene rings is 1. The highest BCUT2D eigenvalue weighted by Crippen LogP contribution is 2.10. The van der Waals surface area contributed by atoms with E-state index in [9.17, 15) is 4.79 Å². The molecular formula is C15H22Cl2N4O. The van der Waals surface area contributed by atoms with Gasteiger partial charge in [0.1, 0.15) is 5.82 Å². The zero-order valence-corrected chi connectivity index (χ0v) is 14.3. The maximum Gasteiger partial charge on any atom is 0.253 e. The molecule has 0 radical (unpaired) electrons. The van der Waals surface area contributed by atoms with Gasteiger partial charge in [0.25, 0.3) is 5.91 Å². The number of hydrogen-bond acceptors (Lipinski definition) is 3. The molecule has 0 aliphatic heterocycles.